The Morgan fingerprint density at radius 3 is 2.47 bits per heavy atom. The van der Waals surface area contributed by atoms with Crippen LogP contribution in [-0.2, 0) is 14.4 Å². The average molecular weight is 254 g/mol. The van der Waals surface area contributed by atoms with Crippen molar-refractivity contribution in [3.63, 3.8) is 0 Å². The molecular weight excluding hydrogens is 250 g/mol. The molecule has 0 saturated carbocycles. The maximum atomic E-state index is 12.0. The van der Waals surface area contributed by atoms with Crippen molar-refractivity contribution in [1.82, 2.24) is 10.2 Å². The first-order valence-corrected chi connectivity index (χ1v) is 5.44. The van der Waals surface area contributed by atoms with Crippen molar-refractivity contribution in [3.05, 3.63) is 5.01 Å². The monoisotopic (exact) mass is 254 g/mol. The Balaban J connectivity index is 0.00000196. The summed E-state index contributed by atoms with van der Waals surface area (Å²) in [5.74, 6) is -3.54. The number of alkyl halides is 2. The van der Waals surface area contributed by atoms with Crippen LogP contribution in [0, 0.1) is 6.92 Å². The number of halogens is 3. The molecule has 0 aliphatic carbocycles. The quantitative estimate of drug-likeness (QED) is 0.648. The number of aromatic nitrogens is 2. The van der Waals surface area contributed by atoms with Crippen molar-refractivity contribution in [2.45, 2.75) is 12.7 Å². The van der Waals surface area contributed by atoms with Crippen LogP contribution < -0.4 is 18.9 Å². The third kappa shape index (κ3) is 3.73. The molecule has 0 aliphatic heterocycles. The third-order valence-corrected chi connectivity index (χ3v) is 2.94. The number of rotatable bonds is 3. The van der Waals surface area contributed by atoms with E-state index < -0.39 is 15.8 Å². The topological polar surface area (TPSA) is 64.4 Å². The van der Waals surface area contributed by atoms with Gasteiger partial charge in [-0.15, -0.1) is 14.6 Å². The minimum atomic E-state index is -4.65. The SMILES string of the molecule is Cc1nnc(N=S(=O)(OF)C(F)F)s1.[Li+]. The van der Waals surface area contributed by atoms with Crippen LogP contribution in [0.4, 0.5) is 18.4 Å². The van der Waals surface area contributed by atoms with Gasteiger partial charge in [-0.25, -0.2) is 4.21 Å². The summed E-state index contributed by atoms with van der Waals surface area (Å²) in [5, 5.41) is 6.81. The third-order valence-electron chi connectivity index (χ3n) is 1.04. The van der Waals surface area contributed by atoms with Gasteiger partial charge in [0.2, 0.25) is 5.13 Å². The maximum Gasteiger partial charge on any atom is 1.00 e. The predicted octanol–water partition coefficient (Wildman–Crippen LogP) is -1.01. The van der Waals surface area contributed by atoms with Gasteiger partial charge in [0.05, 0.1) is 0 Å². The molecule has 0 N–H and O–H groups in total. The van der Waals surface area contributed by atoms with Crippen LogP contribution >= 0.6 is 11.3 Å². The Morgan fingerprint density at radius 2 is 2.13 bits per heavy atom. The van der Waals surface area contributed by atoms with Crippen molar-refractivity contribution in [2.24, 2.45) is 4.36 Å². The maximum absolute atomic E-state index is 12.0. The van der Waals surface area contributed by atoms with Crippen molar-refractivity contribution >= 4 is 26.5 Å². The first-order valence-electron chi connectivity index (χ1n) is 3.12. The Bertz CT molecular complexity index is 431. The molecular formula is C4H4F3LiN3O2S2+. The van der Waals surface area contributed by atoms with Crippen LogP contribution in [0.25, 0.3) is 0 Å². The van der Waals surface area contributed by atoms with E-state index in [0.717, 1.165) is 11.3 Å². The van der Waals surface area contributed by atoms with E-state index in [-0.39, 0.29) is 24.0 Å². The fourth-order valence-corrected chi connectivity index (χ4v) is 1.82. The zero-order valence-corrected chi connectivity index (χ0v) is 9.32. The molecule has 1 aromatic heterocycles. The standard InChI is InChI=1S/C4H4F3N3O2S2.Li/c1-2-8-9-4(13-2)10-14(11,12-7)3(5)6;/h3H,1H3;/q;+1. The fraction of sp³-hybridized carbons (Fsp3) is 0.500. The van der Waals surface area contributed by atoms with Gasteiger partial charge in [0.1, 0.15) is 5.01 Å². The van der Waals surface area contributed by atoms with Gasteiger partial charge in [-0.3, -0.25) is 0 Å². The van der Waals surface area contributed by atoms with Gasteiger partial charge >= 0.3 is 24.6 Å². The molecule has 1 aromatic rings. The second-order valence-electron chi connectivity index (χ2n) is 2.03. The minimum Gasteiger partial charge on any atom is -0.212 e. The van der Waals surface area contributed by atoms with Crippen molar-refractivity contribution in [1.29, 1.82) is 0 Å². The van der Waals surface area contributed by atoms with Crippen molar-refractivity contribution in [3.8, 4) is 0 Å². The molecule has 0 aromatic carbocycles. The van der Waals surface area contributed by atoms with Crippen LogP contribution in [-0.4, -0.2) is 20.2 Å². The predicted molar refractivity (Wildman–Crippen MR) is 43.1 cm³/mol. The smallest absolute Gasteiger partial charge is 0.212 e. The molecule has 0 radical (unpaired) electrons. The summed E-state index contributed by atoms with van der Waals surface area (Å²) in [6.07, 6.45) is 0. The fourth-order valence-electron chi connectivity index (χ4n) is 0.513. The van der Waals surface area contributed by atoms with E-state index in [4.69, 9.17) is 0 Å². The van der Waals surface area contributed by atoms with Crippen LogP contribution in [0.1, 0.15) is 5.01 Å². The van der Waals surface area contributed by atoms with Crippen LogP contribution in [0.2, 0.25) is 0 Å². The normalized spacial score (nSPS) is 14.5. The van der Waals surface area contributed by atoms with E-state index in [9.17, 15) is 17.5 Å². The van der Waals surface area contributed by atoms with Gasteiger partial charge in [-0.05, 0) is 11.4 Å². The molecule has 1 heterocycles. The first-order chi connectivity index (χ1) is 6.48. The molecule has 15 heavy (non-hydrogen) atoms. The van der Waals surface area contributed by atoms with Gasteiger partial charge in [0.15, 0.2) is 0 Å². The molecule has 1 unspecified atom stereocenters. The van der Waals surface area contributed by atoms with E-state index in [0.29, 0.717) is 5.01 Å². The summed E-state index contributed by atoms with van der Waals surface area (Å²) in [4.78, 5) is 0. The van der Waals surface area contributed by atoms with Gasteiger partial charge < -0.3 is 0 Å². The largest absolute Gasteiger partial charge is 1.00 e. The zero-order valence-electron chi connectivity index (χ0n) is 7.69. The van der Waals surface area contributed by atoms with Gasteiger partial charge in [-0.1, -0.05) is 15.7 Å². The molecule has 0 bridgehead atoms. The Hall–Kier alpha value is -0.143. The molecule has 5 nitrogen and oxygen atoms in total. The molecule has 1 atom stereocenters. The Morgan fingerprint density at radius 1 is 1.53 bits per heavy atom. The van der Waals surface area contributed by atoms with E-state index in [1.807, 2.05) is 0 Å². The summed E-state index contributed by atoms with van der Waals surface area (Å²) in [6.45, 7) is 1.54. The molecule has 0 amide bonds. The molecule has 0 spiro atoms. The minimum absolute atomic E-state index is 0. The van der Waals surface area contributed by atoms with E-state index in [2.05, 4.69) is 18.9 Å². The van der Waals surface area contributed by atoms with Gasteiger partial charge in [-0.2, -0.15) is 8.78 Å². The number of nitrogens with zero attached hydrogens (tertiary/aromatic N) is 3. The average Bonchev–Trinajstić information content (AvgIpc) is 2.50. The van der Waals surface area contributed by atoms with Crippen molar-refractivity contribution < 1.29 is 40.8 Å². The van der Waals surface area contributed by atoms with E-state index in [1.54, 1.807) is 0 Å². The molecule has 0 saturated heterocycles. The van der Waals surface area contributed by atoms with Crippen LogP contribution in [0.5, 0.6) is 0 Å². The molecule has 0 fully saturated rings. The molecule has 1 rings (SSSR count). The summed E-state index contributed by atoms with van der Waals surface area (Å²) < 4.78 is 52.0. The zero-order chi connectivity index (χ0) is 10.8. The molecule has 11 heteroatoms. The van der Waals surface area contributed by atoms with E-state index in [1.165, 1.54) is 6.92 Å². The van der Waals surface area contributed by atoms with Crippen LogP contribution in [0.15, 0.2) is 4.36 Å². The summed E-state index contributed by atoms with van der Waals surface area (Å²) in [7, 11) is -4.65. The van der Waals surface area contributed by atoms with Gasteiger partial charge in [0.25, 0.3) is 10.0 Å². The Kier molecular flexibility index (Phi) is 5.75. The number of hydrogen-bond donors (Lipinski definition) is 0. The number of aryl methyl sites for hydroxylation is 1. The number of hydrogen-bond acceptors (Lipinski definition) is 6. The van der Waals surface area contributed by atoms with Gasteiger partial charge in [0, 0.05) is 0 Å². The first kappa shape index (κ1) is 14.9. The second kappa shape index (κ2) is 5.81. The van der Waals surface area contributed by atoms with E-state index >= 15 is 0 Å². The van der Waals surface area contributed by atoms with Crippen molar-refractivity contribution in [2.75, 3.05) is 0 Å². The second-order valence-corrected chi connectivity index (χ2v) is 4.89. The Labute approximate surface area is 99.5 Å². The summed E-state index contributed by atoms with van der Waals surface area (Å²) in [6, 6.07) is 0. The summed E-state index contributed by atoms with van der Waals surface area (Å²) in [5.41, 5.74) is 0. The molecule has 0 aliphatic rings. The van der Waals surface area contributed by atoms with Crippen LogP contribution in [0.3, 0.4) is 0 Å². The summed E-state index contributed by atoms with van der Waals surface area (Å²) >= 11 is 0.799. The molecule has 80 valence electrons.